The van der Waals surface area contributed by atoms with Crippen molar-refractivity contribution >= 4 is 33.5 Å². The highest BCUT2D eigenvalue weighted by Gasteiger charge is 2.21. The molecule has 33 heavy (non-hydrogen) atoms. The predicted molar refractivity (Wildman–Crippen MR) is 121 cm³/mol. The van der Waals surface area contributed by atoms with Crippen LogP contribution in [-0.2, 0) is 11.3 Å². The molecule has 0 atom stereocenters. The fourth-order valence-corrected chi connectivity index (χ4v) is 4.34. The number of carbonyl (C=O) groups excluding carboxylic acids is 2. The normalized spacial score (nSPS) is 10.9. The highest BCUT2D eigenvalue weighted by Crippen LogP contribution is 2.28. The molecule has 0 radical (unpaired) electrons. The van der Waals surface area contributed by atoms with Crippen LogP contribution in [0.4, 0.5) is 4.39 Å². The summed E-state index contributed by atoms with van der Waals surface area (Å²) in [5.41, 5.74) is 1.11. The van der Waals surface area contributed by atoms with E-state index in [1.54, 1.807) is 26.0 Å². The lowest BCUT2D eigenvalue weighted by Crippen LogP contribution is -2.21. The van der Waals surface area contributed by atoms with Crippen LogP contribution in [-0.4, -0.2) is 28.1 Å². The van der Waals surface area contributed by atoms with Gasteiger partial charge in [0, 0.05) is 0 Å². The van der Waals surface area contributed by atoms with Crippen molar-refractivity contribution in [3.05, 3.63) is 92.6 Å². The van der Waals surface area contributed by atoms with Crippen molar-refractivity contribution in [2.75, 3.05) is 6.61 Å². The van der Waals surface area contributed by atoms with Gasteiger partial charge in [0.2, 0.25) is 0 Å². The molecule has 0 aliphatic rings. The van der Waals surface area contributed by atoms with Crippen LogP contribution in [0.2, 0.25) is 0 Å². The standard InChI is InChI=1S/C24H19FN2O5S/c1-3-31-23(29)16-7-9-18(10-8-16)32-24(30)20-14(2)19-21(33-20)26-13-27(22(19)28)12-15-5-4-6-17(25)11-15/h4-11,13H,3,12H2,1-2H3. The number of aryl methyl sites for hydroxylation is 1. The van der Waals surface area contributed by atoms with E-state index >= 15 is 0 Å². The Kier molecular flexibility index (Phi) is 6.32. The number of nitrogens with zero attached hydrogens (tertiary/aromatic N) is 2. The molecule has 2 aromatic carbocycles. The van der Waals surface area contributed by atoms with Gasteiger partial charge in [0.15, 0.2) is 0 Å². The van der Waals surface area contributed by atoms with Crippen LogP contribution in [0, 0.1) is 12.7 Å². The Hall–Kier alpha value is -3.85. The molecule has 4 rings (SSSR count). The van der Waals surface area contributed by atoms with Gasteiger partial charge in [0.1, 0.15) is 21.3 Å². The lowest BCUT2D eigenvalue weighted by atomic mass is 10.2. The van der Waals surface area contributed by atoms with E-state index < -0.39 is 11.9 Å². The maximum absolute atomic E-state index is 13.5. The van der Waals surface area contributed by atoms with Crippen molar-refractivity contribution in [1.29, 1.82) is 0 Å². The van der Waals surface area contributed by atoms with Gasteiger partial charge in [-0.2, -0.15) is 0 Å². The number of ether oxygens (including phenoxy) is 2. The minimum absolute atomic E-state index is 0.154. The zero-order valence-corrected chi connectivity index (χ0v) is 18.6. The number of hydrogen-bond donors (Lipinski definition) is 0. The van der Waals surface area contributed by atoms with Crippen LogP contribution in [0.15, 0.2) is 59.7 Å². The summed E-state index contributed by atoms with van der Waals surface area (Å²) in [6.45, 7) is 3.79. The Bertz CT molecular complexity index is 1410. The molecule has 0 saturated carbocycles. The van der Waals surface area contributed by atoms with Gasteiger partial charge < -0.3 is 9.47 Å². The first-order chi connectivity index (χ1) is 15.9. The van der Waals surface area contributed by atoms with Gasteiger partial charge in [-0.3, -0.25) is 9.36 Å². The van der Waals surface area contributed by atoms with Gasteiger partial charge in [0.25, 0.3) is 5.56 Å². The molecule has 2 heterocycles. The molecular weight excluding hydrogens is 447 g/mol. The molecule has 0 amide bonds. The lowest BCUT2D eigenvalue weighted by Gasteiger charge is -2.06. The van der Waals surface area contributed by atoms with Crippen LogP contribution < -0.4 is 10.3 Å². The third kappa shape index (κ3) is 4.68. The fraction of sp³-hybridized carbons (Fsp3) is 0.167. The molecule has 0 bridgehead atoms. The maximum Gasteiger partial charge on any atom is 0.354 e. The van der Waals surface area contributed by atoms with Gasteiger partial charge in [-0.05, 0) is 61.4 Å². The molecule has 0 spiro atoms. The number of hydrogen-bond acceptors (Lipinski definition) is 7. The summed E-state index contributed by atoms with van der Waals surface area (Å²) in [6.07, 6.45) is 1.38. The van der Waals surface area contributed by atoms with E-state index in [0.717, 1.165) is 11.3 Å². The summed E-state index contributed by atoms with van der Waals surface area (Å²) in [7, 11) is 0. The molecule has 7 nitrogen and oxygen atoms in total. The van der Waals surface area contributed by atoms with Crippen LogP contribution in [0.5, 0.6) is 5.75 Å². The van der Waals surface area contributed by atoms with Crippen LogP contribution in [0.1, 0.15) is 38.1 Å². The second-order valence-corrected chi connectivity index (χ2v) is 8.18. The van der Waals surface area contributed by atoms with Crippen molar-refractivity contribution in [3.8, 4) is 5.75 Å². The number of fused-ring (bicyclic) bond motifs is 1. The third-order valence-electron chi connectivity index (χ3n) is 4.92. The molecule has 168 valence electrons. The average molecular weight is 466 g/mol. The summed E-state index contributed by atoms with van der Waals surface area (Å²) in [5, 5.41) is 0.323. The first-order valence-electron chi connectivity index (χ1n) is 10.1. The SMILES string of the molecule is CCOC(=O)c1ccc(OC(=O)c2sc3ncn(Cc4cccc(F)c4)c(=O)c3c2C)cc1. The van der Waals surface area contributed by atoms with E-state index in [-0.39, 0.29) is 35.2 Å². The minimum Gasteiger partial charge on any atom is -0.462 e. The maximum atomic E-state index is 13.5. The van der Waals surface area contributed by atoms with Crippen molar-refractivity contribution in [3.63, 3.8) is 0 Å². The van der Waals surface area contributed by atoms with Crippen molar-refractivity contribution < 1.29 is 23.5 Å². The van der Waals surface area contributed by atoms with Gasteiger partial charge >= 0.3 is 11.9 Å². The minimum atomic E-state index is -0.629. The van der Waals surface area contributed by atoms with Gasteiger partial charge in [-0.1, -0.05) is 12.1 Å². The number of rotatable bonds is 6. The second kappa shape index (κ2) is 9.33. The molecule has 0 aliphatic carbocycles. The van der Waals surface area contributed by atoms with Gasteiger partial charge in [-0.25, -0.2) is 19.0 Å². The monoisotopic (exact) mass is 466 g/mol. The van der Waals surface area contributed by atoms with E-state index in [9.17, 15) is 18.8 Å². The molecule has 0 unspecified atom stereocenters. The van der Waals surface area contributed by atoms with E-state index in [1.165, 1.54) is 47.3 Å². The van der Waals surface area contributed by atoms with Crippen LogP contribution >= 0.6 is 11.3 Å². The Morgan fingerprint density at radius 2 is 1.88 bits per heavy atom. The van der Waals surface area contributed by atoms with Gasteiger partial charge in [0.05, 0.1) is 30.4 Å². The van der Waals surface area contributed by atoms with Crippen molar-refractivity contribution in [1.82, 2.24) is 9.55 Å². The topological polar surface area (TPSA) is 87.5 Å². The third-order valence-corrected chi connectivity index (χ3v) is 6.10. The summed E-state index contributed by atoms with van der Waals surface area (Å²) < 4.78 is 25.2. The Morgan fingerprint density at radius 3 is 2.58 bits per heavy atom. The van der Waals surface area contributed by atoms with Crippen LogP contribution in [0.25, 0.3) is 10.2 Å². The zero-order chi connectivity index (χ0) is 23.5. The van der Waals surface area contributed by atoms with Crippen molar-refractivity contribution in [2.45, 2.75) is 20.4 Å². The van der Waals surface area contributed by atoms with E-state index in [2.05, 4.69) is 4.98 Å². The summed E-state index contributed by atoms with van der Waals surface area (Å²) in [5.74, 6) is -1.23. The Morgan fingerprint density at radius 1 is 1.12 bits per heavy atom. The number of thiophene rings is 1. The first-order valence-corrected chi connectivity index (χ1v) is 10.9. The number of carbonyl (C=O) groups is 2. The molecule has 4 aromatic rings. The molecule has 0 saturated heterocycles. The Labute approximate surface area is 192 Å². The molecular formula is C24H19FN2O5S. The number of aromatic nitrogens is 2. The molecule has 9 heteroatoms. The quantitative estimate of drug-likeness (QED) is 0.310. The average Bonchev–Trinajstić information content (AvgIpc) is 3.13. The smallest absolute Gasteiger partial charge is 0.354 e. The first kappa shape index (κ1) is 22.3. The summed E-state index contributed by atoms with van der Waals surface area (Å²) in [4.78, 5) is 42.5. The zero-order valence-electron chi connectivity index (χ0n) is 17.8. The number of esters is 2. The molecule has 2 aromatic heterocycles. The summed E-state index contributed by atoms with van der Waals surface area (Å²) >= 11 is 1.06. The fourth-order valence-electron chi connectivity index (χ4n) is 3.33. The van der Waals surface area contributed by atoms with Gasteiger partial charge in [-0.15, -0.1) is 11.3 Å². The largest absolute Gasteiger partial charge is 0.462 e. The predicted octanol–water partition coefficient (Wildman–Crippen LogP) is 4.35. The summed E-state index contributed by atoms with van der Waals surface area (Å²) in [6, 6.07) is 12.0. The molecule has 0 N–H and O–H groups in total. The number of benzene rings is 2. The Balaban J connectivity index is 1.59. The van der Waals surface area contributed by atoms with E-state index in [1.807, 2.05) is 0 Å². The molecule has 0 aliphatic heterocycles. The van der Waals surface area contributed by atoms with Crippen molar-refractivity contribution in [2.24, 2.45) is 0 Å². The second-order valence-electron chi connectivity index (χ2n) is 7.18. The number of halogens is 1. The van der Waals surface area contributed by atoms with E-state index in [4.69, 9.17) is 9.47 Å². The lowest BCUT2D eigenvalue weighted by molar-refractivity contribution is 0.0526. The van der Waals surface area contributed by atoms with Crippen LogP contribution in [0.3, 0.4) is 0 Å². The van der Waals surface area contributed by atoms with E-state index in [0.29, 0.717) is 26.9 Å². The highest BCUT2D eigenvalue weighted by atomic mass is 32.1. The molecule has 0 fully saturated rings. The highest BCUT2D eigenvalue weighted by molar-refractivity contribution is 7.20.